The number of hydrogen-bond acceptors (Lipinski definition) is 1. The van der Waals surface area contributed by atoms with Crippen molar-refractivity contribution in [3.05, 3.63) is 0 Å². The highest BCUT2D eigenvalue weighted by molar-refractivity contribution is 7.44. The van der Waals surface area contributed by atoms with E-state index < -0.39 is 36.8 Å². The van der Waals surface area contributed by atoms with Gasteiger partial charge in [-0.1, -0.05) is 0 Å². The van der Waals surface area contributed by atoms with Crippen LogP contribution in [0.5, 0.6) is 0 Å². The highest BCUT2D eigenvalue weighted by Gasteiger charge is 2.53. The van der Waals surface area contributed by atoms with Crippen LogP contribution in [0.25, 0.3) is 0 Å². The van der Waals surface area contributed by atoms with Crippen LogP contribution in [0.15, 0.2) is 0 Å². The van der Waals surface area contributed by atoms with Crippen LogP contribution in [0.3, 0.4) is 0 Å². The maximum absolute atomic E-state index is 11.9. The van der Waals surface area contributed by atoms with Crippen LogP contribution in [0.4, 0.5) is 26.3 Å². The molecule has 0 aromatic rings. The lowest BCUT2D eigenvalue weighted by Crippen LogP contribution is -2.49. The van der Waals surface area contributed by atoms with Crippen LogP contribution < -0.4 is 0 Å². The fourth-order valence-corrected chi connectivity index (χ4v) is 1.83. The van der Waals surface area contributed by atoms with Crippen molar-refractivity contribution in [1.82, 2.24) is 4.90 Å². The smallest absolute Gasteiger partial charge is 0.155 e. The molecular formula is C5H7Cl2F6NSi. The van der Waals surface area contributed by atoms with E-state index in [-0.39, 0.29) is 0 Å². The number of alkyl halides is 6. The Balaban J connectivity index is 4.56. The van der Waals surface area contributed by atoms with Crippen LogP contribution in [0.1, 0.15) is 0 Å². The van der Waals surface area contributed by atoms with Crippen LogP contribution >= 0.6 is 22.2 Å². The topological polar surface area (TPSA) is 3.24 Å². The quantitative estimate of drug-likeness (QED) is 0.330. The minimum atomic E-state index is -5.47. The number of rotatable bonds is 3. The van der Waals surface area contributed by atoms with Gasteiger partial charge in [-0.3, -0.25) is 0 Å². The molecule has 0 N–H and O–H groups in total. The summed E-state index contributed by atoms with van der Waals surface area (Å²) in [5.74, 6) is 0. The number of hydrogen-bond donors (Lipinski definition) is 0. The minimum absolute atomic E-state index is 0.519. The standard InChI is InChI=1S/C5H7Cl2F6NSi/c1-15(6,7)3-2-14(4(8,9)10)5(11,12)13/h2-3H2,1H3. The average molecular weight is 294 g/mol. The number of halogens is 8. The minimum Gasteiger partial charge on any atom is -0.155 e. The third kappa shape index (κ3) is 6.49. The average Bonchev–Trinajstić information content (AvgIpc) is 1.75. The molecule has 0 amide bonds. The Bertz CT molecular complexity index is 195. The maximum Gasteiger partial charge on any atom is 0.466 e. The summed E-state index contributed by atoms with van der Waals surface area (Å²) >= 11 is 10.8. The van der Waals surface area contributed by atoms with Gasteiger partial charge in [-0.25, -0.2) is 0 Å². The summed E-state index contributed by atoms with van der Waals surface area (Å²) in [6.45, 7) is -3.00. The molecule has 10 heteroatoms. The van der Waals surface area contributed by atoms with E-state index in [1.807, 2.05) is 0 Å². The van der Waals surface area contributed by atoms with Crippen LogP contribution in [0, 0.1) is 0 Å². The van der Waals surface area contributed by atoms with Gasteiger partial charge >= 0.3 is 12.6 Å². The molecule has 0 saturated carbocycles. The van der Waals surface area contributed by atoms with E-state index in [9.17, 15) is 26.3 Å². The van der Waals surface area contributed by atoms with E-state index in [1.54, 1.807) is 0 Å². The molecule has 15 heavy (non-hydrogen) atoms. The second-order valence-corrected chi connectivity index (χ2v) is 11.1. The Morgan fingerprint density at radius 1 is 1.00 bits per heavy atom. The first-order chi connectivity index (χ1) is 6.34. The van der Waals surface area contributed by atoms with Crippen molar-refractivity contribution in [3.63, 3.8) is 0 Å². The van der Waals surface area contributed by atoms with E-state index in [1.165, 1.54) is 6.55 Å². The second-order valence-electron chi connectivity index (χ2n) is 2.91. The van der Waals surface area contributed by atoms with Gasteiger partial charge in [0.05, 0.1) is 0 Å². The summed E-state index contributed by atoms with van der Waals surface area (Å²) in [6.07, 6.45) is -10.9. The molecule has 0 aliphatic heterocycles. The molecule has 0 radical (unpaired) electrons. The molecular weight excluding hydrogens is 287 g/mol. The fourth-order valence-electron chi connectivity index (χ4n) is 0.705. The molecule has 0 heterocycles. The predicted molar refractivity (Wildman–Crippen MR) is 46.9 cm³/mol. The van der Waals surface area contributed by atoms with Gasteiger partial charge in [0, 0.05) is 6.54 Å². The fraction of sp³-hybridized carbons (Fsp3) is 1.00. The van der Waals surface area contributed by atoms with Gasteiger partial charge in [-0.05, 0) is 12.6 Å². The molecule has 0 aromatic heterocycles. The Kier molecular flexibility index (Phi) is 4.79. The van der Waals surface area contributed by atoms with Gasteiger partial charge in [0.25, 0.3) is 0 Å². The van der Waals surface area contributed by atoms with E-state index in [4.69, 9.17) is 22.2 Å². The van der Waals surface area contributed by atoms with Crippen molar-refractivity contribution >= 4 is 28.9 Å². The van der Waals surface area contributed by atoms with Gasteiger partial charge < -0.3 is 0 Å². The first kappa shape index (κ1) is 15.3. The molecule has 0 aliphatic carbocycles. The predicted octanol–water partition coefficient (Wildman–Crippen LogP) is 3.88. The van der Waals surface area contributed by atoms with E-state index in [0.29, 0.717) is 0 Å². The summed E-state index contributed by atoms with van der Waals surface area (Å²) < 4.78 is 71.6. The normalized spacial score (nSPS) is 14.8. The van der Waals surface area contributed by atoms with Crippen molar-refractivity contribution in [2.24, 2.45) is 0 Å². The first-order valence-electron chi connectivity index (χ1n) is 3.63. The molecule has 0 rings (SSSR count). The summed E-state index contributed by atoms with van der Waals surface area (Å²) in [4.78, 5) is -1.53. The van der Waals surface area contributed by atoms with Gasteiger partial charge in [0.15, 0.2) is 0 Å². The Labute approximate surface area is 92.4 Å². The van der Waals surface area contributed by atoms with E-state index in [0.717, 1.165) is 0 Å². The monoisotopic (exact) mass is 293 g/mol. The van der Waals surface area contributed by atoms with Gasteiger partial charge in [0.1, 0.15) is 0 Å². The Morgan fingerprint density at radius 3 is 1.53 bits per heavy atom. The van der Waals surface area contributed by atoms with Crippen LogP contribution in [0.2, 0.25) is 12.6 Å². The van der Waals surface area contributed by atoms with E-state index in [2.05, 4.69) is 0 Å². The molecule has 0 spiro atoms. The third-order valence-electron chi connectivity index (χ3n) is 1.39. The van der Waals surface area contributed by atoms with Gasteiger partial charge in [-0.2, -0.15) is 26.3 Å². The van der Waals surface area contributed by atoms with E-state index >= 15 is 0 Å². The van der Waals surface area contributed by atoms with Crippen LogP contribution in [-0.2, 0) is 0 Å². The molecule has 0 aromatic carbocycles. The van der Waals surface area contributed by atoms with Crippen LogP contribution in [-0.4, -0.2) is 30.7 Å². The summed E-state index contributed by atoms with van der Waals surface area (Å²) in [5.41, 5.74) is 0. The highest BCUT2D eigenvalue weighted by Crippen LogP contribution is 2.34. The Hall–Kier alpha value is 0.337. The van der Waals surface area contributed by atoms with Crippen molar-refractivity contribution in [2.45, 2.75) is 25.2 Å². The summed E-state index contributed by atoms with van der Waals surface area (Å²) in [5, 5.41) is 0. The second kappa shape index (κ2) is 4.68. The summed E-state index contributed by atoms with van der Waals surface area (Å²) in [6, 6.07) is -0.519. The number of nitrogens with zero attached hydrogens (tertiary/aromatic N) is 1. The lowest BCUT2D eigenvalue weighted by Gasteiger charge is -2.27. The maximum atomic E-state index is 11.9. The van der Waals surface area contributed by atoms with Crippen molar-refractivity contribution in [2.75, 3.05) is 6.54 Å². The SMILES string of the molecule is C[Si](Cl)(Cl)CCN(C(F)(F)F)C(F)(F)F. The lowest BCUT2D eigenvalue weighted by atomic mass is 10.6. The molecule has 0 fully saturated rings. The van der Waals surface area contributed by atoms with Crippen molar-refractivity contribution in [3.8, 4) is 0 Å². The molecule has 0 atom stereocenters. The molecule has 1 nitrogen and oxygen atoms in total. The zero-order chi connectivity index (χ0) is 12.5. The third-order valence-corrected chi connectivity index (χ3v) is 3.62. The van der Waals surface area contributed by atoms with Crippen molar-refractivity contribution < 1.29 is 26.3 Å². The highest BCUT2D eigenvalue weighted by atomic mass is 35.7. The zero-order valence-electron chi connectivity index (χ0n) is 7.39. The molecule has 0 bridgehead atoms. The van der Waals surface area contributed by atoms with Crippen molar-refractivity contribution in [1.29, 1.82) is 0 Å². The van der Waals surface area contributed by atoms with Gasteiger partial charge in [-0.15, -0.1) is 27.1 Å². The molecule has 0 saturated heterocycles. The zero-order valence-corrected chi connectivity index (χ0v) is 9.90. The Morgan fingerprint density at radius 2 is 1.33 bits per heavy atom. The lowest BCUT2D eigenvalue weighted by molar-refractivity contribution is -0.371. The van der Waals surface area contributed by atoms with Gasteiger partial charge in [0.2, 0.25) is 6.69 Å². The largest absolute Gasteiger partial charge is 0.466 e. The first-order valence-corrected chi connectivity index (χ1v) is 8.36. The molecule has 92 valence electrons. The molecule has 0 aliphatic rings. The molecule has 0 unspecified atom stereocenters. The summed E-state index contributed by atoms with van der Waals surface area (Å²) in [7, 11) is 0.